The van der Waals surface area contributed by atoms with E-state index in [9.17, 15) is 0 Å². The zero-order chi connectivity index (χ0) is 10.3. The van der Waals surface area contributed by atoms with E-state index in [1.54, 1.807) is 0 Å². The van der Waals surface area contributed by atoms with Gasteiger partial charge in [-0.05, 0) is 32.0 Å². The van der Waals surface area contributed by atoms with Gasteiger partial charge in [0.15, 0.2) is 8.32 Å². The third-order valence-electron chi connectivity index (χ3n) is 1.96. The molecule has 0 unspecified atom stereocenters. The van der Waals surface area contributed by atoms with E-state index >= 15 is 0 Å². The summed E-state index contributed by atoms with van der Waals surface area (Å²) in [6.45, 7) is 12.3. The Bertz CT molecular complexity index is 116. The second kappa shape index (κ2) is 6.60. The van der Waals surface area contributed by atoms with Gasteiger partial charge < -0.3 is 4.43 Å². The van der Waals surface area contributed by atoms with E-state index in [-0.39, 0.29) is 0 Å². The van der Waals surface area contributed by atoms with Crippen molar-refractivity contribution in [3.8, 4) is 0 Å². The third kappa shape index (κ3) is 12.2. The Morgan fingerprint density at radius 3 is 2.08 bits per heavy atom. The van der Waals surface area contributed by atoms with Gasteiger partial charge in [-0.15, -0.1) is 0 Å². The van der Waals surface area contributed by atoms with Crippen LogP contribution in [0.2, 0.25) is 19.6 Å². The van der Waals surface area contributed by atoms with E-state index in [2.05, 4.69) is 33.5 Å². The van der Waals surface area contributed by atoms with Crippen molar-refractivity contribution in [3.05, 3.63) is 0 Å². The first-order chi connectivity index (χ1) is 5.92. The average Bonchev–Trinajstić information content (AvgIpc) is 1.93. The summed E-state index contributed by atoms with van der Waals surface area (Å²) in [5.74, 6) is 0.859. The Kier molecular flexibility index (Phi) is 6.69. The van der Waals surface area contributed by atoms with Gasteiger partial charge in [-0.1, -0.05) is 33.1 Å². The Balaban J connectivity index is 3.09. The van der Waals surface area contributed by atoms with Gasteiger partial charge in [0, 0.05) is 6.61 Å². The van der Waals surface area contributed by atoms with Crippen molar-refractivity contribution in [1.82, 2.24) is 0 Å². The van der Waals surface area contributed by atoms with E-state index in [1.165, 1.54) is 25.7 Å². The van der Waals surface area contributed by atoms with Crippen molar-refractivity contribution in [1.29, 1.82) is 0 Å². The van der Waals surface area contributed by atoms with Crippen LogP contribution in [-0.4, -0.2) is 14.9 Å². The highest BCUT2D eigenvalue weighted by molar-refractivity contribution is 6.69. The van der Waals surface area contributed by atoms with E-state index in [0.29, 0.717) is 0 Å². The summed E-state index contributed by atoms with van der Waals surface area (Å²) in [5.41, 5.74) is 0. The van der Waals surface area contributed by atoms with Crippen LogP contribution in [0.4, 0.5) is 0 Å². The fraction of sp³-hybridized carbons (Fsp3) is 1.00. The molecular weight excluding hydrogens is 176 g/mol. The van der Waals surface area contributed by atoms with E-state index in [1.807, 2.05) is 0 Å². The van der Waals surface area contributed by atoms with Crippen LogP contribution in [0.1, 0.15) is 39.5 Å². The molecule has 80 valence electrons. The molecule has 0 saturated heterocycles. The van der Waals surface area contributed by atoms with Gasteiger partial charge >= 0.3 is 0 Å². The van der Waals surface area contributed by atoms with Crippen LogP contribution in [0.5, 0.6) is 0 Å². The van der Waals surface area contributed by atoms with Crippen molar-refractivity contribution in [2.45, 2.75) is 59.2 Å². The molecule has 0 aromatic carbocycles. The molecule has 13 heavy (non-hydrogen) atoms. The highest BCUT2D eigenvalue weighted by atomic mass is 28.4. The lowest BCUT2D eigenvalue weighted by Gasteiger charge is -2.16. The van der Waals surface area contributed by atoms with Crippen LogP contribution in [-0.2, 0) is 4.43 Å². The van der Waals surface area contributed by atoms with E-state index < -0.39 is 8.32 Å². The van der Waals surface area contributed by atoms with Gasteiger partial charge in [-0.25, -0.2) is 0 Å². The Morgan fingerprint density at radius 1 is 1.00 bits per heavy atom. The second-order valence-corrected chi connectivity index (χ2v) is 9.72. The lowest BCUT2D eigenvalue weighted by molar-refractivity contribution is 0.297. The van der Waals surface area contributed by atoms with Crippen molar-refractivity contribution in [2.24, 2.45) is 5.92 Å². The lowest BCUT2D eigenvalue weighted by Crippen LogP contribution is -2.25. The summed E-state index contributed by atoms with van der Waals surface area (Å²) in [5, 5.41) is 0. The molecule has 0 radical (unpaired) electrons. The van der Waals surface area contributed by atoms with Gasteiger partial charge in [0.05, 0.1) is 0 Å². The molecule has 0 heterocycles. The molecular formula is C11H26OSi. The monoisotopic (exact) mass is 202 g/mol. The summed E-state index contributed by atoms with van der Waals surface area (Å²) in [7, 11) is -1.24. The summed E-state index contributed by atoms with van der Waals surface area (Å²) in [6.07, 6.45) is 5.32. The van der Waals surface area contributed by atoms with Crippen LogP contribution in [0, 0.1) is 5.92 Å². The standard InChI is InChI=1S/C11H26OSi/c1-11(2)9-7-6-8-10-12-13(3,4)5/h11H,6-10H2,1-5H3. The van der Waals surface area contributed by atoms with Gasteiger partial charge in [0.1, 0.15) is 0 Å². The molecule has 2 heteroatoms. The SMILES string of the molecule is CC(C)CCCCCO[Si](C)(C)C. The molecule has 0 aliphatic carbocycles. The highest BCUT2D eigenvalue weighted by Crippen LogP contribution is 2.09. The summed E-state index contributed by atoms with van der Waals surface area (Å²) >= 11 is 0. The minimum Gasteiger partial charge on any atom is -0.418 e. The number of hydrogen-bond acceptors (Lipinski definition) is 1. The van der Waals surface area contributed by atoms with Crippen molar-refractivity contribution in [2.75, 3.05) is 6.61 Å². The molecule has 0 atom stereocenters. The van der Waals surface area contributed by atoms with Crippen molar-refractivity contribution < 1.29 is 4.43 Å². The third-order valence-corrected chi connectivity index (χ3v) is 3.03. The predicted molar refractivity (Wildman–Crippen MR) is 62.6 cm³/mol. The molecule has 0 aliphatic heterocycles. The lowest BCUT2D eigenvalue weighted by atomic mass is 10.1. The first-order valence-corrected chi connectivity index (χ1v) is 8.96. The Morgan fingerprint density at radius 2 is 1.62 bits per heavy atom. The molecule has 0 aliphatic rings. The van der Waals surface area contributed by atoms with Crippen molar-refractivity contribution >= 4 is 8.32 Å². The average molecular weight is 202 g/mol. The fourth-order valence-corrected chi connectivity index (χ4v) is 1.97. The minimum atomic E-state index is -1.24. The van der Waals surface area contributed by atoms with Crippen LogP contribution in [0.15, 0.2) is 0 Å². The number of unbranched alkanes of at least 4 members (excludes halogenated alkanes) is 2. The van der Waals surface area contributed by atoms with Gasteiger partial charge in [-0.3, -0.25) is 0 Å². The predicted octanol–water partition coefficient (Wildman–Crippen LogP) is 4.05. The summed E-state index contributed by atoms with van der Waals surface area (Å²) in [6, 6.07) is 0. The maximum Gasteiger partial charge on any atom is 0.183 e. The quantitative estimate of drug-likeness (QED) is 0.447. The first kappa shape index (κ1) is 13.2. The molecule has 0 fully saturated rings. The largest absolute Gasteiger partial charge is 0.418 e. The molecule has 0 aromatic heterocycles. The summed E-state index contributed by atoms with van der Waals surface area (Å²) < 4.78 is 5.78. The maximum absolute atomic E-state index is 5.78. The zero-order valence-electron chi connectivity index (χ0n) is 10.0. The molecule has 1 nitrogen and oxygen atoms in total. The second-order valence-electron chi connectivity index (χ2n) is 5.20. The van der Waals surface area contributed by atoms with Crippen LogP contribution >= 0.6 is 0 Å². The zero-order valence-corrected chi connectivity index (χ0v) is 11.0. The molecule has 0 saturated carbocycles. The van der Waals surface area contributed by atoms with Crippen LogP contribution in [0.3, 0.4) is 0 Å². The van der Waals surface area contributed by atoms with Crippen LogP contribution < -0.4 is 0 Å². The maximum atomic E-state index is 5.78. The highest BCUT2D eigenvalue weighted by Gasteiger charge is 2.12. The molecule has 0 aromatic rings. The molecule has 0 amide bonds. The van der Waals surface area contributed by atoms with Crippen molar-refractivity contribution in [3.63, 3.8) is 0 Å². The van der Waals surface area contributed by atoms with Gasteiger partial charge in [-0.2, -0.15) is 0 Å². The minimum absolute atomic E-state index is 0.859. The van der Waals surface area contributed by atoms with Gasteiger partial charge in [0.25, 0.3) is 0 Å². The molecule has 0 bridgehead atoms. The molecule has 0 N–H and O–H groups in total. The van der Waals surface area contributed by atoms with E-state index in [4.69, 9.17) is 4.43 Å². The number of hydrogen-bond donors (Lipinski definition) is 0. The topological polar surface area (TPSA) is 9.23 Å². The van der Waals surface area contributed by atoms with Crippen LogP contribution in [0.25, 0.3) is 0 Å². The normalized spacial score (nSPS) is 12.5. The Hall–Kier alpha value is 0.177. The molecule has 0 rings (SSSR count). The van der Waals surface area contributed by atoms with Gasteiger partial charge in [0.2, 0.25) is 0 Å². The Labute approximate surface area is 85.0 Å². The molecule has 0 spiro atoms. The number of rotatable bonds is 7. The smallest absolute Gasteiger partial charge is 0.183 e. The summed E-state index contributed by atoms with van der Waals surface area (Å²) in [4.78, 5) is 0. The van der Waals surface area contributed by atoms with E-state index in [0.717, 1.165) is 12.5 Å². The fourth-order valence-electron chi connectivity index (χ4n) is 1.21. The first-order valence-electron chi connectivity index (χ1n) is 5.56.